The molecule has 1 amide bonds. The minimum atomic E-state index is -0.904. The molecule has 1 saturated heterocycles. The van der Waals surface area contributed by atoms with Crippen LogP contribution in [0, 0.1) is 25.2 Å². The van der Waals surface area contributed by atoms with Crippen LogP contribution in [0.3, 0.4) is 0 Å². The molecular weight excluding hydrogens is 468 g/mol. The van der Waals surface area contributed by atoms with Gasteiger partial charge in [0.2, 0.25) is 0 Å². The van der Waals surface area contributed by atoms with Gasteiger partial charge in [0.15, 0.2) is 0 Å². The Kier molecular flexibility index (Phi) is 7.30. The van der Waals surface area contributed by atoms with Crippen LogP contribution in [-0.2, 0) is 9.59 Å². The first-order valence-electron chi connectivity index (χ1n) is 12.0. The molecule has 1 fully saturated rings. The zero-order valence-electron chi connectivity index (χ0n) is 21.2. The fourth-order valence-corrected chi connectivity index (χ4v) is 4.62. The molecule has 0 radical (unpaired) electrons. The van der Waals surface area contributed by atoms with E-state index in [0.29, 0.717) is 40.5 Å². The number of methoxy groups -OCH3 is 1. The number of carbonyl (C=O) groups excluding carboxylic acids is 2. The molecule has 7 heteroatoms. The number of ether oxygens (including phenoxy) is 2. The zero-order chi connectivity index (χ0) is 26.7. The maximum absolute atomic E-state index is 13.5. The topological polar surface area (TPSA) is 99.9 Å². The van der Waals surface area contributed by atoms with Crippen molar-refractivity contribution in [2.75, 3.05) is 18.6 Å². The van der Waals surface area contributed by atoms with Crippen LogP contribution in [0.2, 0.25) is 0 Å². The van der Waals surface area contributed by atoms with Gasteiger partial charge < -0.3 is 14.6 Å². The number of nitrogens with zero attached hydrogens (tertiary/aromatic N) is 2. The lowest BCUT2D eigenvalue weighted by atomic mass is 9.93. The number of anilines is 1. The summed E-state index contributed by atoms with van der Waals surface area (Å²) in [5.74, 6) is -0.800. The second kappa shape index (κ2) is 10.6. The smallest absolute Gasteiger partial charge is 0.300 e. The van der Waals surface area contributed by atoms with Gasteiger partial charge in [0.1, 0.15) is 17.3 Å². The van der Waals surface area contributed by atoms with E-state index in [1.54, 1.807) is 54.6 Å². The number of ketones is 1. The van der Waals surface area contributed by atoms with Crippen molar-refractivity contribution in [1.29, 1.82) is 5.26 Å². The molecule has 37 heavy (non-hydrogen) atoms. The molecule has 0 aromatic heterocycles. The molecule has 1 aliphatic rings. The molecule has 1 unspecified atom stereocenters. The van der Waals surface area contributed by atoms with Crippen molar-refractivity contribution < 1.29 is 24.2 Å². The first kappa shape index (κ1) is 25.5. The number of rotatable bonds is 7. The normalized spacial score (nSPS) is 16.5. The minimum Gasteiger partial charge on any atom is -0.507 e. The lowest BCUT2D eigenvalue weighted by Crippen LogP contribution is -2.29. The van der Waals surface area contributed by atoms with Gasteiger partial charge >= 0.3 is 0 Å². The highest BCUT2D eigenvalue weighted by molar-refractivity contribution is 6.51. The molecule has 3 aromatic carbocycles. The van der Waals surface area contributed by atoms with Crippen LogP contribution >= 0.6 is 0 Å². The molecule has 0 bridgehead atoms. The Morgan fingerprint density at radius 1 is 1.05 bits per heavy atom. The van der Waals surface area contributed by atoms with Crippen LogP contribution in [0.1, 0.15) is 47.2 Å². The van der Waals surface area contributed by atoms with Crippen molar-refractivity contribution in [3.05, 3.63) is 94.1 Å². The molecule has 1 heterocycles. The summed E-state index contributed by atoms with van der Waals surface area (Å²) in [6.07, 6.45) is 0.859. The number of amides is 1. The van der Waals surface area contributed by atoms with E-state index in [2.05, 4.69) is 6.07 Å². The predicted molar refractivity (Wildman–Crippen MR) is 141 cm³/mol. The number of nitriles is 1. The van der Waals surface area contributed by atoms with Gasteiger partial charge in [-0.15, -0.1) is 0 Å². The predicted octanol–water partition coefficient (Wildman–Crippen LogP) is 5.60. The molecule has 0 aliphatic carbocycles. The van der Waals surface area contributed by atoms with Gasteiger partial charge in [-0.05, 0) is 79.4 Å². The maximum Gasteiger partial charge on any atom is 0.300 e. The summed E-state index contributed by atoms with van der Waals surface area (Å²) < 4.78 is 11.3. The molecule has 1 N–H and O–H groups in total. The second-order valence-corrected chi connectivity index (χ2v) is 8.91. The van der Waals surface area contributed by atoms with E-state index in [-0.39, 0.29) is 11.3 Å². The summed E-state index contributed by atoms with van der Waals surface area (Å²) in [7, 11) is 1.50. The Bertz CT molecular complexity index is 1420. The van der Waals surface area contributed by atoms with E-state index in [4.69, 9.17) is 9.47 Å². The molecule has 1 aliphatic heterocycles. The van der Waals surface area contributed by atoms with E-state index in [0.717, 1.165) is 17.5 Å². The number of aryl methyl sites for hydroxylation is 2. The monoisotopic (exact) mass is 496 g/mol. The van der Waals surface area contributed by atoms with E-state index in [9.17, 15) is 20.0 Å². The van der Waals surface area contributed by atoms with Gasteiger partial charge in [0, 0.05) is 5.69 Å². The van der Waals surface area contributed by atoms with E-state index in [1.807, 2.05) is 26.8 Å². The van der Waals surface area contributed by atoms with Crippen molar-refractivity contribution in [2.24, 2.45) is 0 Å². The molecule has 7 nitrogen and oxygen atoms in total. The third-order valence-electron chi connectivity index (χ3n) is 6.27. The Morgan fingerprint density at radius 2 is 1.73 bits per heavy atom. The van der Waals surface area contributed by atoms with Crippen molar-refractivity contribution in [2.45, 2.75) is 33.2 Å². The van der Waals surface area contributed by atoms with E-state index < -0.39 is 17.7 Å². The van der Waals surface area contributed by atoms with Crippen molar-refractivity contribution in [3.63, 3.8) is 0 Å². The molecule has 0 saturated carbocycles. The maximum atomic E-state index is 13.5. The van der Waals surface area contributed by atoms with Crippen LogP contribution < -0.4 is 14.4 Å². The number of benzene rings is 3. The lowest BCUT2D eigenvalue weighted by Gasteiger charge is -2.26. The zero-order valence-corrected chi connectivity index (χ0v) is 21.2. The number of aliphatic hydroxyl groups is 1. The number of hydrogen-bond acceptors (Lipinski definition) is 6. The van der Waals surface area contributed by atoms with Crippen molar-refractivity contribution >= 4 is 23.1 Å². The van der Waals surface area contributed by atoms with Crippen molar-refractivity contribution in [3.8, 4) is 17.6 Å². The standard InChI is InChI=1S/C30H28N2O5/c1-5-14-37-23-12-8-21(9-13-23)26-25(27(33)24-16-18(2)15-19(3)29(24)36-4)28(34)30(35)32(26)22-10-6-20(17-31)7-11-22/h6-13,15-16,26,33H,5,14H2,1-4H3/b27-25+. The minimum absolute atomic E-state index is 0.0418. The fourth-order valence-electron chi connectivity index (χ4n) is 4.62. The Morgan fingerprint density at radius 3 is 2.32 bits per heavy atom. The fraction of sp³-hybridized carbons (Fsp3) is 0.233. The molecule has 1 atom stereocenters. The molecular formula is C30H28N2O5. The van der Waals surface area contributed by atoms with Crippen LogP contribution in [0.5, 0.6) is 11.5 Å². The third-order valence-corrected chi connectivity index (χ3v) is 6.27. The first-order chi connectivity index (χ1) is 17.8. The van der Waals surface area contributed by atoms with Gasteiger partial charge in [-0.3, -0.25) is 14.5 Å². The molecule has 3 aromatic rings. The van der Waals surface area contributed by atoms with Crippen LogP contribution in [0.25, 0.3) is 5.76 Å². The van der Waals surface area contributed by atoms with Gasteiger partial charge in [0.25, 0.3) is 11.7 Å². The highest BCUT2D eigenvalue weighted by Crippen LogP contribution is 2.44. The van der Waals surface area contributed by atoms with Gasteiger partial charge in [-0.25, -0.2) is 0 Å². The third kappa shape index (κ3) is 4.78. The number of Topliss-reactive ketones (excluding diaryl/α,β-unsaturated/α-hetero) is 1. The van der Waals surface area contributed by atoms with Gasteiger partial charge in [-0.1, -0.05) is 25.1 Å². The Balaban J connectivity index is 1.93. The Labute approximate surface area is 216 Å². The van der Waals surface area contributed by atoms with E-state index >= 15 is 0 Å². The summed E-state index contributed by atoms with van der Waals surface area (Å²) >= 11 is 0. The SMILES string of the molecule is CCCOc1ccc(C2/C(=C(\O)c3cc(C)cc(C)c3OC)C(=O)C(=O)N2c2ccc(C#N)cc2)cc1. The van der Waals surface area contributed by atoms with Crippen LogP contribution in [0.4, 0.5) is 5.69 Å². The molecule has 0 spiro atoms. The van der Waals surface area contributed by atoms with Crippen LogP contribution in [-0.4, -0.2) is 30.5 Å². The average molecular weight is 497 g/mol. The summed E-state index contributed by atoms with van der Waals surface area (Å²) in [5.41, 5.74) is 3.44. The van der Waals surface area contributed by atoms with Crippen molar-refractivity contribution in [1.82, 2.24) is 0 Å². The summed E-state index contributed by atoms with van der Waals surface area (Å²) in [6, 6.07) is 18.3. The summed E-state index contributed by atoms with van der Waals surface area (Å²) in [4.78, 5) is 28.2. The van der Waals surface area contributed by atoms with E-state index in [1.165, 1.54) is 12.0 Å². The van der Waals surface area contributed by atoms with Gasteiger partial charge in [-0.2, -0.15) is 5.26 Å². The second-order valence-electron chi connectivity index (χ2n) is 8.91. The van der Waals surface area contributed by atoms with Gasteiger partial charge in [0.05, 0.1) is 42.5 Å². The Hall–Kier alpha value is -4.57. The summed E-state index contributed by atoms with van der Waals surface area (Å²) in [6.45, 7) is 6.31. The first-order valence-corrected chi connectivity index (χ1v) is 12.0. The largest absolute Gasteiger partial charge is 0.507 e. The lowest BCUT2D eigenvalue weighted by molar-refractivity contribution is -0.132. The number of aliphatic hydroxyl groups excluding tert-OH is 1. The van der Waals surface area contributed by atoms with Crippen LogP contribution in [0.15, 0.2) is 66.2 Å². The molecule has 4 rings (SSSR count). The average Bonchev–Trinajstić information content (AvgIpc) is 3.17. The highest BCUT2D eigenvalue weighted by Gasteiger charge is 2.47. The summed E-state index contributed by atoms with van der Waals surface area (Å²) in [5, 5.41) is 20.7. The molecule has 188 valence electrons. The number of carbonyl (C=O) groups is 2. The highest BCUT2D eigenvalue weighted by atomic mass is 16.5. The number of hydrogen-bond donors (Lipinski definition) is 1. The quantitative estimate of drug-likeness (QED) is 0.260.